The first kappa shape index (κ1) is 14.4. The fraction of sp³-hybridized carbons (Fsp3) is 0.294. The third-order valence-electron chi connectivity index (χ3n) is 3.94. The number of carbonyl (C=O) groups is 1. The number of carbonyl (C=O) groups excluding carboxylic acids is 1. The fourth-order valence-electron chi connectivity index (χ4n) is 2.69. The molecular weight excluding hydrogens is 276 g/mol. The van der Waals surface area contributed by atoms with Crippen LogP contribution in [0.4, 0.5) is 11.4 Å². The van der Waals surface area contributed by atoms with E-state index < -0.39 is 0 Å². The predicted octanol–water partition coefficient (Wildman–Crippen LogP) is 1.93. The van der Waals surface area contributed by atoms with Crippen molar-refractivity contribution < 1.29 is 4.79 Å². The number of benzene rings is 1. The van der Waals surface area contributed by atoms with E-state index in [4.69, 9.17) is 5.73 Å². The average Bonchev–Trinajstić information content (AvgIpc) is 2.55. The summed E-state index contributed by atoms with van der Waals surface area (Å²) >= 11 is 0. The van der Waals surface area contributed by atoms with Gasteiger partial charge in [-0.2, -0.15) is 0 Å². The summed E-state index contributed by atoms with van der Waals surface area (Å²) in [5.74, 6) is -0.0242. The average molecular weight is 296 g/mol. The van der Waals surface area contributed by atoms with Gasteiger partial charge in [-0.3, -0.25) is 4.79 Å². The van der Waals surface area contributed by atoms with Crippen LogP contribution in [0.1, 0.15) is 16.1 Å². The Hall–Kier alpha value is -2.56. The molecular formula is C17H20N4O. The Morgan fingerprint density at radius 1 is 1.14 bits per heavy atom. The SMILES string of the molecule is Cc1cccc(N2CCN(C(=O)c3ccc(N)cn3)CC2)c1. The van der Waals surface area contributed by atoms with Crippen molar-refractivity contribution in [3.05, 3.63) is 53.9 Å². The monoisotopic (exact) mass is 296 g/mol. The molecule has 0 bridgehead atoms. The van der Waals surface area contributed by atoms with E-state index in [2.05, 4.69) is 41.1 Å². The molecule has 1 aromatic carbocycles. The van der Waals surface area contributed by atoms with Crippen molar-refractivity contribution in [3.63, 3.8) is 0 Å². The second-order valence-electron chi connectivity index (χ2n) is 5.60. The zero-order valence-electron chi connectivity index (χ0n) is 12.7. The predicted molar refractivity (Wildman–Crippen MR) is 87.9 cm³/mol. The van der Waals surface area contributed by atoms with Crippen LogP contribution >= 0.6 is 0 Å². The summed E-state index contributed by atoms with van der Waals surface area (Å²) in [5.41, 5.74) is 9.10. The lowest BCUT2D eigenvalue weighted by molar-refractivity contribution is 0.0741. The van der Waals surface area contributed by atoms with Gasteiger partial charge in [-0.25, -0.2) is 4.98 Å². The first-order valence-electron chi connectivity index (χ1n) is 7.46. The summed E-state index contributed by atoms with van der Waals surface area (Å²) in [5, 5.41) is 0. The Morgan fingerprint density at radius 2 is 1.91 bits per heavy atom. The number of pyridine rings is 1. The van der Waals surface area contributed by atoms with Crippen LogP contribution in [0.2, 0.25) is 0 Å². The highest BCUT2D eigenvalue weighted by molar-refractivity contribution is 5.92. The molecule has 22 heavy (non-hydrogen) atoms. The summed E-state index contributed by atoms with van der Waals surface area (Å²) in [6.45, 7) is 5.18. The second-order valence-corrected chi connectivity index (χ2v) is 5.60. The molecule has 1 amide bonds. The third kappa shape index (κ3) is 3.03. The maximum atomic E-state index is 12.4. The molecule has 0 saturated carbocycles. The number of hydrogen-bond acceptors (Lipinski definition) is 4. The number of aryl methyl sites for hydroxylation is 1. The van der Waals surface area contributed by atoms with Crippen molar-refractivity contribution in [3.8, 4) is 0 Å². The molecule has 1 saturated heterocycles. The Morgan fingerprint density at radius 3 is 2.55 bits per heavy atom. The maximum absolute atomic E-state index is 12.4. The maximum Gasteiger partial charge on any atom is 0.272 e. The van der Waals surface area contributed by atoms with Gasteiger partial charge in [0.15, 0.2) is 0 Å². The van der Waals surface area contributed by atoms with Crippen LogP contribution in [0.5, 0.6) is 0 Å². The number of nitrogens with zero attached hydrogens (tertiary/aromatic N) is 3. The van der Waals surface area contributed by atoms with Crippen LogP contribution in [-0.4, -0.2) is 42.0 Å². The lowest BCUT2D eigenvalue weighted by Gasteiger charge is -2.36. The Bertz CT molecular complexity index is 661. The summed E-state index contributed by atoms with van der Waals surface area (Å²) in [4.78, 5) is 20.7. The van der Waals surface area contributed by atoms with Crippen LogP contribution in [0.3, 0.4) is 0 Å². The van der Waals surface area contributed by atoms with Crippen LogP contribution in [0.25, 0.3) is 0 Å². The van der Waals surface area contributed by atoms with Gasteiger partial charge in [0, 0.05) is 31.9 Å². The van der Waals surface area contributed by atoms with E-state index in [-0.39, 0.29) is 5.91 Å². The van der Waals surface area contributed by atoms with Gasteiger partial charge >= 0.3 is 0 Å². The summed E-state index contributed by atoms with van der Waals surface area (Å²) in [6, 6.07) is 11.9. The minimum absolute atomic E-state index is 0.0242. The van der Waals surface area contributed by atoms with E-state index in [1.165, 1.54) is 17.4 Å². The van der Waals surface area contributed by atoms with Crippen molar-refractivity contribution in [2.24, 2.45) is 0 Å². The Kier molecular flexibility index (Phi) is 3.96. The van der Waals surface area contributed by atoms with E-state index in [0.29, 0.717) is 24.5 Å². The molecule has 5 nitrogen and oxygen atoms in total. The van der Waals surface area contributed by atoms with Crippen LogP contribution in [0, 0.1) is 6.92 Å². The van der Waals surface area contributed by atoms with Crippen molar-refractivity contribution in [2.45, 2.75) is 6.92 Å². The number of nitrogen functional groups attached to an aromatic ring is 1. The summed E-state index contributed by atoms with van der Waals surface area (Å²) < 4.78 is 0. The normalized spacial score (nSPS) is 15.0. The summed E-state index contributed by atoms with van der Waals surface area (Å²) in [6.07, 6.45) is 1.52. The van der Waals surface area contributed by atoms with Crippen molar-refractivity contribution in [1.82, 2.24) is 9.88 Å². The minimum Gasteiger partial charge on any atom is -0.397 e. The fourth-order valence-corrected chi connectivity index (χ4v) is 2.69. The van der Waals surface area contributed by atoms with Crippen molar-refractivity contribution in [1.29, 1.82) is 0 Å². The van der Waals surface area contributed by atoms with Gasteiger partial charge in [0.2, 0.25) is 0 Å². The van der Waals surface area contributed by atoms with Crippen LogP contribution < -0.4 is 10.6 Å². The highest BCUT2D eigenvalue weighted by atomic mass is 16.2. The molecule has 0 spiro atoms. The minimum atomic E-state index is -0.0242. The number of hydrogen-bond donors (Lipinski definition) is 1. The summed E-state index contributed by atoms with van der Waals surface area (Å²) in [7, 11) is 0. The molecule has 1 aliphatic heterocycles. The molecule has 0 unspecified atom stereocenters. The lowest BCUT2D eigenvalue weighted by Crippen LogP contribution is -2.49. The van der Waals surface area contributed by atoms with E-state index in [9.17, 15) is 4.79 Å². The number of nitrogens with two attached hydrogens (primary N) is 1. The van der Waals surface area contributed by atoms with Gasteiger partial charge in [0.1, 0.15) is 5.69 Å². The largest absolute Gasteiger partial charge is 0.397 e. The van der Waals surface area contributed by atoms with Gasteiger partial charge in [-0.05, 0) is 36.8 Å². The number of anilines is 2. The number of piperazine rings is 1. The molecule has 5 heteroatoms. The van der Waals surface area contributed by atoms with Gasteiger partial charge in [0.25, 0.3) is 5.91 Å². The molecule has 2 heterocycles. The first-order chi connectivity index (χ1) is 10.6. The molecule has 1 aromatic heterocycles. The smallest absolute Gasteiger partial charge is 0.272 e. The van der Waals surface area contributed by atoms with Crippen LogP contribution in [0.15, 0.2) is 42.6 Å². The van der Waals surface area contributed by atoms with E-state index in [1.54, 1.807) is 12.1 Å². The standard InChI is InChI=1S/C17H20N4O/c1-13-3-2-4-15(11-13)20-7-9-21(10-8-20)17(22)16-6-5-14(18)12-19-16/h2-6,11-12H,7-10,18H2,1H3. The molecule has 3 rings (SSSR count). The van der Waals surface area contributed by atoms with E-state index in [0.717, 1.165) is 13.1 Å². The third-order valence-corrected chi connectivity index (χ3v) is 3.94. The highest BCUT2D eigenvalue weighted by Crippen LogP contribution is 2.18. The zero-order valence-corrected chi connectivity index (χ0v) is 12.7. The molecule has 0 radical (unpaired) electrons. The first-order valence-corrected chi connectivity index (χ1v) is 7.46. The Balaban J connectivity index is 1.64. The molecule has 2 aromatic rings. The highest BCUT2D eigenvalue weighted by Gasteiger charge is 2.23. The molecule has 0 aliphatic carbocycles. The lowest BCUT2D eigenvalue weighted by atomic mass is 10.2. The number of aromatic nitrogens is 1. The second kappa shape index (κ2) is 6.05. The molecule has 2 N–H and O–H groups in total. The van der Waals surface area contributed by atoms with E-state index in [1.807, 2.05) is 4.90 Å². The Labute approximate surface area is 130 Å². The number of amides is 1. The quantitative estimate of drug-likeness (QED) is 0.920. The molecule has 1 aliphatic rings. The van der Waals surface area contributed by atoms with E-state index >= 15 is 0 Å². The van der Waals surface area contributed by atoms with Crippen molar-refractivity contribution >= 4 is 17.3 Å². The van der Waals surface area contributed by atoms with Gasteiger partial charge in [0.05, 0.1) is 11.9 Å². The molecule has 114 valence electrons. The number of rotatable bonds is 2. The van der Waals surface area contributed by atoms with Gasteiger partial charge in [-0.1, -0.05) is 12.1 Å². The van der Waals surface area contributed by atoms with Crippen molar-refractivity contribution in [2.75, 3.05) is 36.8 Å². The van der Waals surface area contributed by atoms with Gasteiger partial charge < -0.3 is 15.5 Å². The molecule has 1 fully saturated rings. The molecule has 0 atom stereocenters. The topological polar surface area (TPSA) is 62.5 Å². The van der Waals surface area contributed by atoms with Gasteiger partial charge in [-0.15, -0.1) is 0 Å². The zero-order chi connectivity index (χ0) is 15.5. The van der Waals surface area contributed by atoms with Crippen LogP contribution in [-0.2, 0) is 0 Å².